The van der Waals surface area contributed by atoms with Gasteiger partial charge in [0.05, 0.1) is 11.5 Å². The predicted octanol–water partition coefficient (Wildman–Crippen LogP) is 3.70. The van der Waals surface area contributed by atoms with Gasteiger partial charge in [-0.3, -0.25) is 4.79 Å². The zero-order chi connectivity index (χ0) is 19.3. The van der Waals surface area contributed by atoms with E-state index in [1.54, 1.807) is 4.90 Å². The Labute approximate surface area is 161 Å². The van der Waals surface area contributed by atoms with Crippen LogP contribution in [0.15, 0.2) is 46.9 Å². The third-order valence-corrected chi connectivity index (χ3v) is 6.78. The number of rotatable bonds is 8. The molecule has 1 aliphatic rings. The van der Waals surface area contributed by atoms with Crippen LogP contribution in [0.1, 0.15) is 38.4 Å². The number of sulfone groups is 1. The summed E-state index contributed by atoms with van der Waals surface area (Å²) in [5.41, 5.74) is 1.01. The van der Waals surface area contributed by atoms with Gasteiger partial charge in [-0.1, -0.05) is 43.7 Å². The van der Waals surface area contributed by atoms with Crippen LogP contribution in [0, 0.1) is 0 Å². The summed E-state index contributed by atoms with van der Waals surface area (Å²) in [6.45, 7) is 2.70. The van der Waals surface area contributed by atoms with Gasteiger partial charge >= 0.3 is 0 Å². The molecule has 1 unspecified atom stereocenters. The molecule has 2 heterocycles. The van der Waals surface area contributed by atoms with E-state index >= 15 is 0 Å². The third-order valence-electron chi connectivity index (χ3n) is 5.03. The first-order valence-electron chi connectivity index (χ1n) is 9.62. The molecule has 1 amide bonds. The van der Waals surface area contributed by atoms with Gasteiger partial charge in [0.2, 0.25) is 5.91 Å². The van der Waals surface area contributed by atoms with Gasteiger partial charge in [0, 0.05) is 31.0 Å². The number of nitrogens with zero attached hydrogens (tertiary/aromatic N) is 1. The van der Waals surface area contributed by atoms with E-state index in [2.05, 4.69) is 6.92 Å². The minimum atomic E-state index is -3.01. The Hall–Kier alpha value is -2.08. The van der Waals surface area contributed by atoms with E-state index in [1.807, 2.05) is 42.5 Å². The average molecular weight is 390 g/mol. The van der Waals surface area contributed by atoms with Gasteiger partial charge in [0.1, 0.15) is 11.5 Å². The highest BCUT2D eigenvalue weighted by Gasteiger charge is 2.34. The van der Waals surface area contributed by atoms with Crippen LogP contribution in [0.4, 0.5) is 0 Å². The van der Waals surface area contributed by atoms with E-state index in [0.29, 0.717) is 25.8 Å². The minimum absolute atomic E-state index is 0.0169. The van der Waals surface area contributed by atoms with Crippen LogP contribution in [-0.2, 0) is 21.1 Å². The first-order chi connectivity index (χ1) is 13.0. The highest BCUT2D eigenvalue weighted by Crippen LogP contribution is 2.23. The van der Waals surface area contributed by atoms with Gasteiger partial charge < -0.3 is 9.32 Å². The summed E-state index contributed by atoms with van der Waals surface area (Å²) in [6, 6.07) is 13.5. The van der Waals surface area contributed by atoms with Crippen LogP contribution in [-0.4, -0.2) is 43.3 Å². The van der Waals surface area contributed by atoms with E-state index < -0.39 is 9.84 Å². The Morgan fingerprint density at radius 2 is 1.96 bits per heavy atom. The summed E-state index contributed by atoms with van der Waals surface area (Å²) in [5, 5.41) is 0. The number of carbonyl (C=O) groups is 1. The van der Waals surface area contributed by atoms with Crippen molar-refractivity contribution in [2.75, 3.05) is 18.1 Å². The maximum atomic E-state index is 12.8. The summed E-state index contributed by atoms with van der Waals surface area (Å²) >= 11 is 0. The molecule has 6 heteroatoms. The quantitative estimate of drug-likeness (QED) is 0.690. The number of benzene rings is 1. The lowest BCUT2D eigenvalue weighted by Crippen LogP contribution is -2.41. The predicted molar refractivity (Wildman–Crippen MR) is 106 cm³/mol. The van der Waals surface area contributed by atoms with Crippen LogP contribution in [0.5, 0.6) is 0 Å². The molecule has 0 saturated carbocycles. The fourth-order valence-corrected chi connectivity index (χ4v) is 5.23. The van der Waals surface area contributed by atoms with Crippen molar-refractivity contribution < 1.29 is 17.6 Å². The maximum absolute atomic E-state index is 12.8. The number of carbonyl (C=O) groups excluding carboxylic acids is 1. The molecule has 1 saturated heterocycles. The third kappa shape index (κ3) is 5.22. The van der Waals surface area contributed by atoms with Gasteiger partial charge in [-0.15, -0.1) is 0 Å². The molecule has 1 aromatic heterocycles. The second-order valence-electron chi connectivity index (χ2n) is 7.13. The van der Waals surface area contributed by atoms with Crippen molar-refractivity contribution in [1.82, 2.24) is 4.90 Å². The van der Waals surface area contributed by atoms with Crippen LogP contribution in [0.3, 0.4) is 0 Å². The Morgan fingerprint density at radius 1 is 1.19 bits per heavy atom. The first-order valence-corrected chi connectivity index (χ1v) is 11.4. The number of hydrogen-bond donors (Lipinski definition) is 0. The Kier molecular flexibility index (Phi) is 6.37. The summed E-state index contributed by atoms with van der Waals surface area (Å²) in [4.78, 5) is 14.6. The van der Waals surface area contributed by atoms with Crippen LogP contribution >= 0.6 is 0 Å². The molecule has 1 aromatic carbocycles. The Balaban J connectivity index is 1.61. The van der Waals surface area contributed by atoms with Crippen molar-refractivity contribution in [2.24, 2.45) is 0 Å². The molecule has 0 N–H and O–H groups in total. The summed E-state index contributed by atoms with van der Waals surface area (Å²) in [5.74, 6) is 1.87. The maximum Gasteiger partial charge on any atom is 0.223 e. The zero-order valence-electron chi connectivity index (χ0n) is 15.8. The monoisotopic (exact) mass is 389 g/mol. The van der Waals surface area contributed by atoms with Crippen LogP contribution < -0.4 is 0 Å². The van der Waals surface area contributed by atoms with Crippen LogP contribution in [0.2, 0.25) is 0 Å². The highest BCUT2D eigenvalue weighted by molar-refractivity contribution is 7.91. The molecule has 1 atom stereocenters. The molecule has 1 fully saturated rings. The summed E-state index contributed by atoms with van der Waals surface area (Å²) in [6.07, 6.45) is 3.27. The van der Waals surface area contributed by atoms with Crippen molar-refractivity contribution in [1.29, 1.82) is 0 Å². The Morgan fingerprint density at radius 3 is 2.63 bits per heavy atom. The van der Waals surface area contributed by atoms with Crippen molar-refractivity contribution >= 4 is 15.7 Å². The van der Waals surface area contributed by atoms with Crippen LogP contribution in [0.25, 0.3) is 11.3 Å². The molecule has 27 heavy (non-hydrogen) atoms. The van der Waals surface area contributed by atoms with Crippen molar-refractivity contribution in [3.05, 3.63) is 48.2 Å². The lowest BCUT2D eigenvalue weighted by atomic mass is 10.1. The topological polar surface area (TPSA) is 67.6 Å². The number of unbranched alkanes of at least 4 members (excludes halogenated alkanes) is 1. The second kappa shape index (κ2) is 8.74. The molecule has 146 valence electrons. The highest BCUT2D eigenvalue weighted by atomic mass is 32.2. The Bertz CT molecular complexity index is 857. The molecule has 2 aromatic rings. The summed E-state index contributed by atoms with van der Waals surface area (Å²) < 4.78 is 29.5. The van der Waals surface area contributed by atoms with E-state index in [1.165, 1.54) is 0 Å². The minimum Gasteiger partial charge on any atom is -0.461 e. The molecule has 5 nitrogen and oxygen atoms in total. The SMILES string of the molecule is CCCCN(C(=O)CCc1ccc(-c2ccccc2)o1)C1CCS(=O)(=O)C1. The number of furan rings is 1. The normalized spacial score (nSPS) is 18.5. The summed E-state index contributed by atoms with van der Waals surface area (Å²) in [7, 11) is -3.01. The van der Waals surface area contributed by atoms with E-state index in [0.717, 1.165) is 29.9 Å². The van der Waals surface area contributed by atoms with E-state index in [9.17, 15) is 13.2 Å². The van der Waals surface area contributed by atoms with Gasteiger partial charge in [0.25, 0.3) is 0 Å². The molecule has 0 aliphatic carbocycles. The molecule has 0 spiro atoms. The number of hydrogen-bond acceptors (Lipinski definition) is 4. The fraction of sp³-hybridized carbons (Fsp3) is 0.476. The first kappa shape index (κ1) is 19.7. The average Bonchev–Trinajstić information content (AvgIpc) is 3.27. The van der Waals surface area contributed by atoms with Gasteiger partial charge in [-0.2, -0.15) is 0 Å². The molecule has 3 rings (SSSR count). The van der Waals surface area contributed by atoms with Crippen molar-refractivity contribution in [3.8, 4) is 11.3 Å². The van der Waals surface area contributed by atoms with Gasteiger partial charge in [-0.25, -0.2) is 8.42 Å². The lowest BCUT2D eigenvalue weighted by molar-refractivity contribution is -0.133. The smallest absolute Gasteiger partial charge is 0.223 e. The molecular weight excluding hydrogens is 362 g/mol. The van der Waals surface area contributed by atoms with E-state index in [-0.39, 0.29) is 23.5 Å². The van der Waals surface area contributed by atoms with Gasteiger partial charge in [-0.05, 0) is 25.0 Å². The van der Waals surface area contributed by atoms with E-state index in [4.69, 9.17) is 4.42 Å². The fourth-order valence-electron chi connectivity index (χ4n) is 3.50. The standard InChI is InChI=1S/C21H27NO4S/c1-2-3-14-22(18-13-15-27(24,25)16-18)21(23)12-10-19-9-11-20(26-19)17-7-5-4-6-8-17/h4-9,11,18H,2-3,10,12-16H2,1H3. The lowest BCUT2D eigenvalue weighted by Gasteiger charge is -2.28. The molecule has 0 bridgehead atoms. The number of amides is 1. The van der Waals surface area contributed by atoms with Gasteiger partial charge in [0.15, 0.2) is 9.84 Å². The van der Waals surface area contributed by atoms with Crippen molar-refractivity contribution in [3.63, 3.8) is 0 Å². The molecule has 1 aliphatic heterocycles. The second-order valence-corrected chi connectivity index (χ2v) is 9.36. The number of aryl methyl sites for hydroxylation is 1. The van der Waals surface area contributed by atoms with Crippen molar-refractivity contribution in [2.45, 2.75) is 45.1 Å². The largest absolute Gasteiger partial charge is 0.461 e. The molecule has 0 radical (unpaired) electrons. The molecular formula is C21H27NO4S. The zero-order valence-corrected chi connectivity index (χ0v) is 16.6.